The Balaban J connectivity index is 1.49. The summed E-state index contributed by atoms with van der Waals surface area (Å²) in [4.78, 5) is 31.9. The van der Waals surface area contributed by atoms with E-state index in [4.69, 9.17) is 5.84 Å². The van der Waals surface area contributed by atoms with E-state index in [1.165, 1.54) is 11.8 Å². The Bertz CT molecular complexity index is 1220. The number of nitrogens with two attached hydrogens (primary N) is 1. The van der Waals surface area contributed by atoms with Crippen molar-refractivity contribution in [2.75, 3.05) is 11.9 Å². The third kappa shape index (κ3) is 5.33. The highest BCUT2D eigenvalue weighted by Crippen LogP contribution is 2.28. The first-order chi connectivity index (χ1) is 16.0. The molecule has 2 amide bonds. The number of carbonyl (C=O) groups excluding carboxylic acids is 2. The third-order valence-electron chi connectivity index (χ3n) is 5.50. The molecule has 0 atom stereocenters. The number of rotatable bonds is 6. The molecule has 7 nitrogen and oxygen atoms in total. The molecule has 4 rings (SSSR count). The van der Waals surface area contributed by atoms with E-state index >= 15 is 0 Å². The van der Waals surface area contributed by atoms with Crippen LogP contribution in [0, 0.1) is 0 Å². The Morgan fingerprint density at radius 3 is 2.61 bits per heavy atom. The Kier molecular flexibility index (Phi) is 6.59. The standard InChI is InChI=1S/C26H25N5O2/c1-18-26(33)31(14-13-19-5-3-2-4-6-19)17-22-11-12-23(15-24(22)29-18)30-25(32)21-9-7-20(8-10-21)16-28-27/h2-12,15-16H,13-14,17,27H2,1H3,(H,30,32). The predicted octanol–water partition coefficient (Wildman–Crippen LogP) is 3.91. The summed E-state index contributed by atoms with van der Waals surface area (Å²) in [6.45, 7) is 2.81. The number of carbonyl (C=O) groups is 2. The quantitative estimate of drug-likeness (QED) is 0.346. The molecule has 33 heavy (non-hydrogen) atoms. The number of hydrazone groups is 1. The van der Waals surface area contributed by atoms with Gasteiger partial charge in [0.05, 0.1) is 11.9 Å². The van der Waals surface area contributed by atoms with Crippen LogP contribution in [0.15, 0.2) is 82.9 Å². The molecule has 1 aliphatic heterocycles. The first-order valence-electron chi connectivity index (χ1n) is 10.7. The Hall–Kier alpha value is -4.26. The topological polar surface area (TPSA) is 100 Å². The Morgan fingerprint density at radius 1 is 1.12 bits per heavy atom. The molecule has 1 aliphatic rings. The fourth-order valence-electron chi connectivity index (χ4n) is 3.71. The normalized spacial score (nSPS) is 13.4. The number of nitrogens with one attached hydrogen (secondary N) is 1. The van der Waals surface area contributed by atoms with Crippen LogP contribution in [0.2, 0.25) is 0 Å². The summed E-state index contributed by atoms with van der Waals surface area (Å²) in [6.07, 6.45) is 2.29. The van der Waals surface area contributed by atoms with Crippen LogP contribution in [0.1, 0.15) is 34.0 Å². The molecule has 3 aromatic rings. The molecule has 0 spiro atoms. The van der Waals surface area contributed by atoms with Gasteiger partial charge in [0.1, 0.15) is 5.71 Å². The largest absolute Gasteiger partial charge is 0.333 e. The van der Waals surface area contributed by atoms with Crippen LogP contribution in [-0.2, 0) is 17.8 Å². The van der Waals surface area contributed by atoms with Crippen molar-refractivity contribution in [2.45, 2.75) is 19.9 Å². The molecule has 166 valence electrons. The molecule has 3 aromatic carbocycles. The first-order valence-corrected chi connectivity index (χ1v) is 10.7. The van der Waals surface area contributed by atoms with Gasteiger partial charge >= 0.3 is 0 Å². The summed E-state index contributed by atoms with van der Waals surface area (Å²) in [5.74, 6) is 4.84. The summed E-state index contributed by atoms with van der Waals surface area (Å²) in [5, 5.41) is 6.37. The second-order valence-corrected chi connectivity index (χ2v) is 7.86. The van der Waals surface area contributed by atoms with Crippen LogP contribution in [0.4, 0.5) is 11.4 Å². The lowest BCUT2D eigenvalue weighted by Crippen LogP contribution is -2.35. The molecule has 0 bridgehead atoms. The van der Waals surface area contributed by atoms with Gasteiger partial charge in [0.25, 0.3) is 11.8 Å². The van der Waals surface area contributed by atoms with Gasteiger partial charge in [-0.25, -0.2) is 4.99 Å². The number of amides is 2. The molecule has 0 aromatic heterocycles. The van der Waals surface area contributed by atoms with Gasteiger partial charge in [0.2, 0.25) is 0 Å². The van der Waals surface area contributed by atoms with Crippen molar-refractivity contribution in [2.24, 2.45) is 15.9 Å². The maximum Gasteiger partial charge on any atom is 0.268 e. The number of benzene rings is 3. The second-order valence-electron chi connectivity index (χ2n) is 7.86. The number of hydrogen-bond acceptors (Lipinski definition) is 5. The van der Waals surface area contributed by atoms with E-state index in [2.05, 4.69) is 27.5 Å². The molecule has 0 saturated heterocycles. The van der Waals surface area contributed by atoms with Crippen molar-refractivity contribution < 1.29 is 9.59 Å². The van der Waals surface area contributed by atoms with Gasteiger partial charge in [-0.1, -0.05) is 48.5 Å². The van der Waals surface area contributed by atoms with Gasteiger partial charge in [-0.15, -0.1) is 0 Å². The number of aliphatic imine (C=N–C) groups is 1. The fourth-order valence-corrected chi connectivity index (χ4v) is 3.71. The molecule has 0 unspecified atom stereocenters. The third-order valence-corrected chi connectivity index (χ3v) is 5.50. The minimum atomic E-state index is -0.235. The summed E-state index contributed by atoms with van der Waals surface area (Å²) >= 11 is 0. The second kappa shape index (κ2) is 9.91. The Morgan fingerprint density at radius 2 is 1.88 bits per heavy atom. The summed E-state index contributed by atoms with van der Waals surface area (Å²) in [6, 6.07) is 22.6. The first kappa shape index (κ1) is 22.0. The number of hydrogen-bond donors (Lipinski definition) is 2. The fraction of sp³-hybridized carbons (Fsp3) is 0.154. The Labute approximate surface area is 192 Å². The molecule has 7 heteroatoms. The van der Waals surface area contributed by atoms with Crippen LogP contribution >= 0.6 is 0 Å². The van der Waals surface area contributed by atoms with Gasteiger partial charge in [-0.2, -0.15) is 5.10 Å². The summed E-state index contributed by atoms with van der Waals surface area (Å²) in [7, 11) is 0. The lowest BCUT2D eigenvalue weighted by molar-refractivity contribution is -0.124. The van der Waals surface area contributed by atoms with E-state index in [0.29, 0.717) is 35.7 Å². The van der Waals surface area contributed by atoms with Crippen LogP contribution in [-0.4, -0.2) is 35.2 Å². The number of fused-ring (bicyclic) bond motifs is 1. The van der Waals surface area contributed by atoms with E-state index < -0.39 is 0 Å². The molecule has 0 saturated carbocycles. The van der Waals surface area contributed by atoms with Crippen molar-refractivity contribution in [3.63, 3.8) is 0 Å². The molecular formula is C26H25N5O2. The maximum absolute atomic E-state index is 12.9. The lowest BCUT2D eigenvalue weighted by Gasteiger charge is -2.21. The minimum Gasteiger partial charge on any atom is -0.333 e. The van der Waals surface area contributed by atoms with E-state index in [0.717, 1.165) is 17.5 Å². The van der Waals surface area contributed by atoms with Crippen molar-refractivity contribution >= 4 is 35.1 Å². The van der Waals surface area contributed by atoms with Crippen LogP contribution < -0.4 is 11.2 Å². The van der Waals surface area contributed by atoms with Gasteiger partial charge in [0.15, 0.2) is 0 Å². The average Bonchev–Trinajstić information content (AvgIpc) is 2.95. The van der Waals surface area contributed by atoms with Crippen LogP contribution in [0.3, 0.4) is 0 Å². The zero-order valence-corrected chi connectivity index (χ0v) is 18.4. The molecule has 3 N–H and O–H groups in total. The van der Waals surface area contributed by atoms with E-state index in [-0.39, 0.29) is 11.8 Å². The molecule has 0 fully saturated rings. The van der Waals surface area contributed by atoms with Crippen molar-refractivity contribution in [1.29, 1.82) is 0 Å². The highest BCUT2D eigenvalue weighted by atomic mass is 16.2. The van der Waals surface area contributed by atoms with E-state index in [1.54, 1.807) is 37.3 Å². The monoisotopic (exact) mass is 439 g/mol. The van der Waals surface area contributed by atoms with Gasteiger partial charge < -0.3 is 16.1 Å². The van der Waals surface area contributed by atoms with Crippen molar-refractivity contribution in [1.82, 2.24) is 4.90 Å². The number of nitrogens with zero attached hydrogens (tertiary/aromatic N) is 3. The van der Waals surface area contributed by atoms with Crippen LogP contribution in [0.25, 0.3) is 0 Å². The van der Waals surface area contributed by atoms with Crippen molar-refractivity contribution in [3.05, 3.63) is 95.1 Å². The maximum atomic E-state index is 12.9. The highest BCUT2D eigenvalue weighted by molar-refractivity contribution is 6.38. The van der Waals surface area contributed by atoms with E-state index in [9.17, 15) is 9.59 Å². The zero-order valence-electron chi connectivity index (χ0n) is 18.4. The lowest BCUT2D eigenvalue weighted by atomic mass is 10.1. The van der Waals surface area contributed by atoms with Gasteiger partial charge in [-0.05, 0) is 54.3 Å². The van der Waals surface area contributed by atoms with Crippen molar-refractivity contribution in [3.8, 4) is 0 Å². The molecular weight excluding hydrogens is 414 g/mol. The summed E-state index contributed by atoms with van der Waals surface area (Å²) < 4.78 is 0. The molecule has 0 radical (unpaired) electrons. The zero-order chi connectivity index (χ0) is 23.2. The minimum absolute atomic E-state index is 0.0752. The van der Waals surface area contributed by atoms with E-state index in [1.807, 2.05) is 35.2 Å². The average molecular weight is 440 g/mol. The number of anilines is 1. The SMILES string of the molecule is CC1=Nc2cc(NC(=O)c3ccc(C=NN)cc3)ccc2CN(CCc2ccccc2)C1=O. The predicted molar refractivity (Wildman–Crippen MR) is 131 cm³/mol. The summed E-state index contributed by atoms with van der Waals surface area (Å²) in [5.41, 5.74) is 5.19. The van der Waals surface area contributed by atoms with Gasteiger partial charge in [0, 0.05) is 24.3 Å². The highest BCUT2D eigenvalue weighted by Gasteiger charge is 2.22. The van der Waals surface area contributed by atoms with Gasteiger partial charge in [-0.3, -0.25) is 9.59 Å². The van der Waals surface area contributed by atoms with Crippen LogP contribution in [0.5, 0.6) is 0 Å². The molecule has 1 heterocycles. The smallest absolute Gasteiger partial charge is 0.268 e. The molecule has 0 aliphatic carbocycles.